The van der Waals surface area contributed by atoms with E-state index in [4.69, 9.17) is 5.73 Å². The van der Waals surface area contributed by atoms with Crippen LogP contribution in [0.4, 0.5) is 0 Å². The van der Waals surface area contributed by atoms with Gasteiger partial charge in [0.25, 0.3) is 5.91 Å². The highest BCUT2D eigenvalue weighted by Gasteiger charge is 2.28. The Morgan fingerprint density at radius 2 is 2.13 bits per heavy atom. The Kier molecular flexibility index (Phi) is 11.0. The number of carbonyl (C=O) groups is 1. The summed E-state index contributed by atoms with van der Waals surface area (Å²) in [6, 6.07) is 0. The van der Waals surface area contributed by atoms with E-state index >= 15 is 0 Å². The lowest BCUT2D eigenvalue weighted by Crippen LogP contribution is -2.33. The molecule has 0 aliphatic carbocycles. The topological polar surface area (TPSA) is 62.5 Å². The summed E-state index contributed by atoms with van der Waals surface area (Å²) >= 11 is 1.53. The first-order chi connectivity index (χ1) is 10.2. The van der Waals surface area contributed by atoms with Crippen molar-refractivity contribution in [3.05, 3.63) is 16.1 Å². The number of hydrogen-bond donors (Lipinski definition) is 1. The first-order valence-electron chi connectivity index (χ1n) is 7.84. The number of hydrogen-bond acceptors (Lipinski definition) is 5. The number of nitrogens with zero attached hydrogens (tertiary/aromatic N) is 3. The molecule has 1 atom stereocenters. The van der Waals surface area contributed by atoms with E-state index in [0.717, 1.165) is 50.6 Å². The smallest absolute Gasteiger partial charge is 0.273 e. The summed E-state index contributed by atoms with van der Waals surface area (Å²) in [4.78, 5) is 21.2. The Labute approximate surface area is 155 Å². The SMILES string of the molecule is CCN(CC)CC1CCN(C(=O)c2csc(CCN)n2)C1.Cl.Cl. The molecular formula is C15H28Cl2N4OS. The van der Waals surface area contributed by atoms with Gasteiger partial charge in [-0.1, -0.05) is 13.8 Å². The molecule has 5 nitrogen and oxygen atoms in total. The molecule has 0 bridgehead atoms. The van der Waals surface area contributed by atoms with Crippen LogP contribution in [0.5, 0.6) is 0 Å². The molecule has 1 unspecified atom stereocenters. The van der Waals surface area contributed by atoms with Crippen LogP contribution in [0.25, 0.3) is 0 Å². The number of likely N-dealkylation sites (tertiary alicyclic amines) is 1. The zero-order chi connectivity index (χ0) is 15.2. The maximum Gasteiger partial charge on any atom is 0.273 e. The van der Waals surface area contributed by atoms with Gasteiger partial charge in [0.2, 0.25) is 0 Å². The highest BCUT2D eigenvalue weighted by atomic mass is 35.5. The minimum absolute atomic E-state index is 0. The number of amides is 1. The van der Waals surface area contributed by atoms with Gasteiger partial charge in [-0.25, -0.2) is 4.98 Å². The number of rotatable bonds is 7. The summed E-state index contributed by atoms with van der Waals surface area (Å²) in [6.07, 6.45) is 1.85. The third-order valence-corrected chi connectivity index (χ3v) is 5.02. The fraction of sp³-hybridized carbons (Fsp3) is 0.733. The number of carbonyl (C=O) groups excluding carboxylic acids is 1. The first kappa shape index (κ1) is 22.6. The molecule has 2 rings (SSSR count). The van der Waals surface area contributed by atoms with Gasteiger partial charge >= 0.3 is 0 Å². The van der Waals surface area contributed by atoms with Crippen molar-refractivity contribution in [2.45, 2.75) is 26.7 Å². The van der Waals surface area contributed by atoms with Crippen LogP contribution < -0.4 is 5.73 Å². The molecule has 2 N–H and O–H groups in total. The van der Waals surface area contributed by atoms with Gasteiger partial charge in [0.1, 0.15) is 5.69 Å². The Bertz CT molecular complexity index is 468. The molecule has 1 aromatic rings. The molecule has 1 aliphatic rings. The van der Waals surface area contributed by atoms with Gasteiger partial charge in [-0.2, -0.15) is 0 Å². The summed E-state index contributed by atoms with van der Waals surface area (Å²) < 4.78 is 0. The maximum absolute atomic E-state index is 12.5. The number of thiazole rings is 1. The first-order valence-corrected chi connectivity index (χ1v) is 8.71. The van der Waals surface area contributed by atoms with Gasteiger partial charge in [-0.05, 0) is 32.0 Å². The highest BCUT2D eigenvalue weighted by molar-refractivity contribution is 7.09. The highest BCUT2D eigenvalue weighted by Crippen LogP contribution is 2.20. The van der Waals surface area contributed by atoms with E-state index < -0.39 is 0 Å². The number of halogens is 2. The van der Waals surface area contributed by atoms with Gasteiger partial charge in [0, 0.05) is 31.4 Å². The van der Waals surface area contributed by atoms with Crippen LogP contribution in [0.1, 0.15) is 35.8 Å². The van der Waals surface area contributed by atoms with Gasteiger partial charge in [0.05, 0.1) is 5.01 Å². The lowest BCUT2D eigenvalue weighted by atomic mass is 10.1. The second-order valence-corrected chi connectivity index (χ2v) is 6.50. The fourth-order valence-corrected chi connectivity index (χ4v) is 3.61. The Morgan fingerprint density at radius 1 is 1.43 bits per heavy atom. The van der Waals surface area contributed by atoms with Crippen LogP contribution in [0, 0.1) is 5.92 Å². The zero-order valence-corrected chi connectivity index (χ0v) is 16.3. The quantitative estimate of drug-likeness (QED) is 0.785. The summed E-state index contributed by atoms with van der Waals surface area (Å²) in [5.41, 5.74) is 6.12. The molecule has 0 aromatic carbocycles. The Hall–Kier alpha value is -0.400. The van der Waals surface area contributed by atoms with Gasteiger partial charge in [-0.15, -0.1) is 36.2 Å². The van der Waals surface area contributed by atoms with E-state index in [0.29, 0.717) is 18.2 Å². The molecule has 1 saturated heterocycles. The average Bonchev–Trinajstić information content (AvgIpc) is 3.13. The molecular weight excluding hydrogens is 355 g/mol. The molecule has 2 heterocycles. The number of aromatic nitrogens is 1. The Morgan fingerprint density at radius 3 is 2.74 bits per heavy atom. The van der Waals surface area contributed by atoms with Crippen LogP contribution in [0.3, 0.4) is 0 Å². The maximum atomic E-state index is 12.5. The molecule has 0 spiro atoms. The molecule has 1 aromatic heterocycles. The van der Waals surface area contributed by atoms with Crippen LogP contribution in [-0.4, -0.2) is 60.0 Å². The van der Waals surface area contributed by atoms with Crippen molar-refractivity contribution in [2.75, 3.05) is 39.3 Å². The molecule has 0 radical (unpaired) electrons. The van der Waals surface area contributed by atoms with E-state index in [1.165, 1.54) is 11.3 Å². The van der Waals surface area contributed by atoms with Crippen molar-refractivity contribution in [2.24, 2.45) is 11.7 Å². The number of nitrogens with two attached hydrogens (primary N) is 1. The minimum Gasteiger partial charge on any atom is -0.337 e. The summed E-state index contributed by atoms with van der Waals surface area (Å²) in [5.74, 6) is 0.674. The van der Waals surface area contributed by atoms with Crippen molar-refractivity contribution in [3.8, 4) is 0 Å². The molecule has 1 amide bonds. The molecule has 1 aliphatic heterocycles. The molecule has 23 heavy (non-hydrogen) atoms. The van der Waals surface area contributed by atoms with E-state index in [9.17, 15) is 4.79 Å². The summed E-state index contributed by atoms with van der Waals surface area (Å²) in [7, 11) is 0. The van der Waals surface area contributed by atoms with E-state index in [1.54, 1.807) is 0 Å². The van der Waals surface area contributed by atoms with Crippen LogP contribution in [-0.2, 0) is 6.42 Å². The van der Waals surface area contributed by atoms with Gasteiger partial charge in [-0.3, -0.25) is 4.79 Å². The molecule has 0 saturated carbocycles. The molecule has 1 fully saturated rings. The Balaban J connectivity index is 0.00000242. The predicted octanol–water partition coefficient (Wildman–Crippen LogP) is 2.29. The van der Waals surface area contributed by atoms with Crippen LogP contribution in [0.2, 0.25) is 0 Å². The fourth-order valence-electron chi connectivity index (χ4n) is 2.82. The standard InChI is InChI=1S/C15H26N4OS.2ClH/c1-3-18(4-2)9-12-6-8-19(10-12)15(20)13-11-21-14(17-13)5-7-16;;/h11-12H,3-10,16H2,1-2H3;2*1H. The van der Waals surface area contributed by atoms with E-state index in [2.05, 4.69) is 23.7 Å². The third kappa shape index (κ3) is 6.19. The van der Waals surface area contributed by atoms with Crippen LogP contribution in [0.15, 0.2) is 5.38 Å². The van der Waals surface area contributed by atoms with Crippen molar-refractivity contribution >= 4 is 42.1 Å². The lowest BCUT2D eigenvalue weighted by molar-refractivity contribution is 0.0778. The van der Waals surface area contributed by atoms with Crippen molar-refractivity contribution in [3.63, 3.8) is 0 Å². The van der Waals surface area contributed by atoms with E-state index in [1.807, 2.05) is 10.3 Å². The second kappa shape index (κ2) is 11.2. The molecule has 8 heteroatoms. The minimum atomic E-state index is 0. The van der Waals surface area contributed by atoms with Crippen molar-refractivity contribution < 1.29 is 4.79 Å². The average molecular weight is 383 g/mol. The third-order valence-electron chi connectivity index (χ3n) is 4.11. The molecule has 134 valence electrons. The largest absolute Gasteiger partial charge is 0.337 e. The van der Waals surface area contributed by atoms with Crippen molar-refractivity contribution in [1.82, 2.24) is 14.8 Å². The zero-order valence-electron chi connectivity index (χ0n) is 13.9. The second-order valence-electron chi connectivity index (χ2n) is 5.56. The predicted molar refractivity (Wildman–Crippen MR) is 101 cm³/mol. The summed E-state index contributed by atoms with van der Waals surface area (Å²) in [5, 5.41) is 2.82. The van der Waals surface area contributed by atoms with E-state index in [-0.39, 0.29) is 30.7 Å². The van der Waals surface area contributed by atoms with Gasteiger partial charge in [0.15, 0.2) is 0 Å². The van der Waals surface area contributed by atoms with Crippen LogP contribution >= 0.6 is 36.2 Å². The van der Waals surface area contributed by atoms with Gasteiger partial charge < -0.3 is 15.5 Å². The normalized spacial score (nSPS) is 17.0. The summed E-state index contributed by atoms with van der Waals surface area (Å²) in [6.45, 7) is 9.92. The monoisotopic (exact) mass is 382 g/mol. The van der Waals surface area contributed by atoms with Crippen molar-refractivity contribution in [1.29, 1.82) is 0 Å². The lowest BCUT2D eigenvalue weighted by Gasteiger charge is -2.22.